The van der Waals surface area contributed by atoms with Gasteiger partial charge < -0.3 is 60.3 Å². The Labute approximate surface area is 655 Å². The van der Waals surface area contributed by atoms with Crippen LogP contribution in [0.2, 0.25) is 0 Å². The monoisotopic (exact) mass is 1860 g/mol. The minimum atomic E-state index is -5.17. The number of likely N-dealkylation sites (N-methyl/N-ethyl adjacent to an activating group) is 2. The fourth-order valence-corrected chi connectivity index (χ4v) is 15.5. The molecule has 4 aromatic carbocycles. The third kappa shape index (κ3) is 14.8. The molecule has 33 heteroatoms. The number of hydrogen-bond donors (Lipinski definition) is 7. The Morgan fingerprint density at radius 1 is 0.584 bits per heavy atom. The van der Waals surface area contributed by atoms with Crippen molar-refractivity contribution < 1.29 is 182 Å². The van der Waals surface area contributed by atoms with E-state index in [0.717, 1.165) is 58.4 Å². The number of rotatable bonds is 11. The van der Waals surface area contributed by atoms with Gasteiger partial charge >= 0.3 is 30.1 Å². The molecule has 0 saturated carbocycles. The SMILES string of the molecule is CCC(=O)Cl.CCC(=O)Oc1c(C)c(C)cc2c1[C@@H]1C3Cc4c(O)c(C)c5c(c4[C@H](CNC(=O)[C@H](C)NC(=O)C(F)(F)F)N3[C@@H](C#N)[C@H](C2)N1C)OCO5.Cc1cc2c(c(O)c1C)[C@@H]1C3Cc4c(O)c(C)c5c(c4[C@H](CNC(=O)[C@H](C)NC(=O)C(F)(F)F)N3[C@@H](C#N)[C@H](C2)N1C)OCO5.[Ac].[Ac]. The van der Waals surface area contributed by atoms with E-state index in [-0.39, 0.29) is 169 Å². The molecule has 4 aromatic rings. The zero-order chi connectivity index (χ0) is 72.7. The van der Waals surface area contributed by atoms with Crippen LogP contribution < -0.4 is 45.0 Å². The van der Waals surface area contributed by atoms with Crippen LogP contribution in [0.5, 0.6) is 46.0 Å². The van der Waals surface area contributed by atoms with Gasteiger partial charge in [-0.25, -0.2) is 0 Å². The largest absolute Gasteiger partial charge is 0.507 e. The summed E-state index contributed by atoms with van der Waals surface area (Å²) in [6.07, 6.45) is -8.30. The predicted molar refractivity (Wildman–Crippen MR) is 341 cm³/mol. The second-order valence-electron chi connectivity index (χ2n) is 26.1. The van der Waals surface area contributed by atoms with E-state index >= 15 is 0 Å². The molecule has 8 aliphatic rings. The third-order valence-corrected chi connectivity index (χ3v) is 20.9. The molecule has 0 aromatic heterocycles. The summed E-state index contributed by atoms with van der Waals surface area (Å²) in [6.45, 7) is 16.1. The quantitative estimate of drug-likeness (QED) is 0.0338. The normalized spacial score (nSPS) is 23.8. The molecular weight excluding hydrogens is 1780 g/mol. The van der Waals surface area contributed by atoms with Gasteiger partial charge in [0.2, 0.25) is 30.6 Å². The summed E-state index contributed by atoms with van der Waals surface area (Å²) in [5.74, 6) is -4.66. The van der Waals surface area contributed by atoms with E-state index in [4.69, 9.17) is 35.3 Å². The number of aromatic hydroxyl groups is 3. The number of nitrogens with one attached hydrogen (secondary N) is 4. The van der Waals surface area contributed by atoms with Gasteiger partial charge in [-0.1, -0.05) is 26.0 Å². The number of hydrogen-bond acceptors (Lipinski definition) is 20. The number of alkyl halides is 6. The number of carbonyl (C=O) groups is 6. The van der Waals surface area contributed by atoms with Crippen LogP contribution in [-0.4, -0.2) is 171 Å². The van der Waals surface area contributed by atoms with E-state index in [1.165, 1.54) is 0 Å². The summed E-state index contributed by atoms with van der Waals surface area (Å²) in [6, 6.07) is 0.494. The van der Waals surface area contributed by atoms with Crippen molar-refractivity contribution in [2.45, 2.75) is 193 Å². The fraction of sp³-hybridized carbons (Fsp3) is 0.529. The number of piperazine rings is 2. The number of esters is 1. The smallest absolute Gasteiger partial charge is 0.471 e. The van der Waals surface area contributed by atoms with Gasteiger partial charge in [0, 0.05) is 183 Å². The maximum absolute atomic E-state index is 13.1. The van der Waals surface area contributed by atoms with Gasteiger partial charge in [-0.05, 0) is 140 Å². The van der Waals surface area contributed by atoms with E-state index < -0.39 is 102 Å². The number of aryl methyl sites for hydroxylation is 2. The second kappa shape index (κ2) is 31.4. The molecule has 4 amide bonds. The Morgan fingerprint density at radius 2 is 0.960 bits per heavy atom. The fourth-order valence-electron chi connectivity index (χ4n) is 15.5. The molecule has 538 valence electrons. The van der Waals surface area contributed by atoms with Crippen LogP contribution in [0.15, 0.2) is 12.1 Å². The van der Waals surface area contributed by atoms with Gasteiger partial charge in [-0.15, -0.1) is 0 Å². The van der Waals surface area contributed by atoms with Crippen LogP contribution in [0.25, 0.3) is 0 Å². The molecule has 7 N–H and O–H groups in total. The maximum Gasteiger partial charge on any atom is 0.471 e. The van der Waals surface area contributed by atoms with Crippen molar-refractivity contribution in [2.24, 2.45) is 0 Å². The molecule has 12 atom stereocenters. The first-order valence-electron chi connectivity index (χ1n) is 32.2. The number of phenols is 3. The summed E-state index contributed by atoms with van der Waals surface area (Å²) >= 11 is 4.82. The van der Waals surface area contributed by atoms with E-state index in [0.29, 0.717) is 81.4 Å². The molecule has 2 radical (unpaired) electrons. The molecule has 0 spiro atoms. The van der Waals surface area contributed by atoms with Gasteiger partial charge in [0.05, 0.1) is 36.3 Å². The summed E-state index contributed by atoms with van der Waals surface area (Å²) in [5.41, 5.74) is 9.86. The first-order chi connectivity index (χ1) is 46.5. The van der Waals surface area contributed by atoms with Gasteiger partial charge in [-0.3, -0.25) is 48.4 Å². The molecule has 8 heterocycles. The van der Waals surface area contributed by atoms with Gasteiger partial charge in [-0.2, -0.15) is 36.9 Å². The zero-order valence-electron chi connectivity index (χ0n) is 57.5. The van der Waals surface area contributed by atoms with Gasteiger partial charge in [0.1, 0.15) is 47.2 Å². The molecule has 2 unspecified atom stereocenters. The van der Waals surface area contributed by atoms with Crippen LogP contribution in [0.3, 0.4) is 0 Å². The number of carbonyl (C=O) groups excluding carboxylic acids is 6. The standard InChI is InChI=1S/C34H38F3N5O7.C31H34F3N5O6.C3H5ClO.2Ac/c1-7-24(43)49-29-15(3)14(2)8-18-9-20-22(11-38)42-21(27(25(18)29)41(20)6)10-19-26(31-30(47-13-48-31)16(4)28(19)44)23(42)12-39-32(45)17(5)40-33(46)34(35,36)37;1-12-6-16-7-18-20(9-35)39-19(24(38(18)5)22(16)26(41)13(12)2)8-17-23(28-27(44-11-45-28)14(3)25(17)40)21(39)10-36-29(42)15(4)37-30(43)31(32,33)34;1-2-3(4)5;;/h8,17,20-23,27,44H,7,9-10,12-13H2,1-6H3,(H,39,45)(H,40,46);6,15,18-21,24,40-41H,7-8,10-11H2,1-5H3,(H,36,42)(H,37,43);2H2,1H3;;/t17-,20-,21?,22-,23-,27-;15-,18-,19?,20-,21-,24-;;;/m00.../s1. The molecule has 2 fully saturated rings. The maximum atomic E-state index is 13.1. The Hall–Kier alpha value is -5.93. The molecule has 0 aliphatic carbocycles. The van der Waals surface area contributed by atoms with Crippen molar-refractivity contribution in [2.75, 3.05) is 40.8 Å². The molecule has 101 heavy (non-hydrogen) atoms. The number of benzene rings is 4. The minimum Gasteiger partial charge on any atom is -0.507 e. The molecule has 12 rings (SSSR count). The Kier molecular flexibility index (Phi) is 25.1. The van der Waals surface area contributed by atoms with E-state index in [1.807, 2.05) is 57.7 Å². The molecule has 4 bridgehead atoms. The number of halogens is 7. The van der Waals surface area contributed by atoms with Crippen LogP contribution in [0.4, 0.5) is 26.3 Å². The average Bonchev–Trinajstić information content (AvgIpc) is 1.32. The topological polar surface area (TPSA) is 318 Å². The van der Waals surface area contributed by atoms with Crippen molar-refractivity contribution in [3.63, 3.8) is 0 Å². The number of nitriles is 2. The van der Waals surface area contributed by atoms with E-state index in [9.17, 15) is 81.0 Å². The summed E-state index contributed by atoms with van der Waals surface area (Å²) in [7, 11) is 3.83. The molecular formula is C68H77Ac2ClF6N10O14. The first kappa shape index (κ1) is 80.8. The van der Waals surface area contributed by atoms with Gasteiger partial charge in [0.15, 0.2) is 23.0 Å². The molecule has 8 aliphatic heterocycles. The van der Waals surface area contributed by atoms with Crippen LogP contribution in [-0.2, 0) is 54.5 Å². The minimum absolute atomic E-state index is 0. The van der Waals surface area contributed by atoms with Crippen molar-refractivity contribution in [3.8, 4) is 58.1 Å². The molecule has 2 saturated heterocycles. The van der Waals surface area contributed by atoms with Crippen molar-refractivity contribution in [3.05, 3.63) is 90.0 Å². The summed E-state index contributed by atoms with van der Waals surface area (Å²) in [4.78, 5) is 79.7. The Balaban J connectivity index is 0.000000237. The van der Waals surface area contributed by atoms with Crippen LogP contribution in [0, 0.1) is 152 Å². The Bertz CT molecular complexity index is 4100. The predicted octanol–water partition coefficient (Wildman–Crippen LogP) is 7.18. The van der Waals surface area contributed by atoms with E-state index in [2.05, 4.69) is 38.6 Å². The third-order valence-electron chi connectivity index (χ3n) is 20.6. The number of amides is 4. The molecule has 24 nitrogen and oxygen atoms in total. The van der Waals surface area contributed by atoms with E-state index in [1.54, 1.807) is 38.3 Å². The number of nitrogens with zero attached hydrogens (tertiary/aromatic N) is 6. The zero-order valence-corrected chi connectivity index (χ0v) is 67.7. The average molecular weight is 1860 g/mol. The Morgan fingerprint density at radius 3 is 1.34 bits per heavy atom. The summed E-state index contributed by atoms with van der Waals surface area (Å²) < 4.78 is 107. The number of phenolic OH excluding ortho intramolecular Hbond substituents is 3. The number of fused-ring (bicyclic) bond motifs is 18. The summed E-state index contributed by atoms with van der Waals surface area (Å²) in [5, 5.41) is 64.4. The number of ether oxygens (including phenoxy) is 5. The van der Waals surface area contributed by atoms with Crippen LogP contribution >= 0.6 is 11.6 Å². The van der Waals surface area contributed by atoms with Crippen LogP contribution in [0.1, 0.15) is 143 Å². The van der Waals surface area contributed by atoms with Crippen molar-refractivity contribution in [1.29, 1.82) is 10.5 Å². The van der Waals surface area contributed by atoms with Crippen molar-refractivity contribution in [1.82, 2.24) is 40.9 Å². The first-order valence-corrected chi connectivity index (χ1v) is 32.6. The van der Waals surface area contributed by atoms with Crippen molar-refractivity contribution >= 4 is 46.4 Å². The van der Waals surface area contributed by atoms with Gasteiger partial charge in [0.25, 0.3) is 0 Å². The second-order valence-corrected chi connectivity index (χ2v) is 26.5.